The molecule has 0 aliphatic rings. The smallest absolute Gasteiger partial charge is 0.144 e. The highest BCUT2D eigenvalue weighted by Gasteiger charge is 2.16. The normalized spacial score (nSPS) is 13.0. The molecule has 1 unspecified atom stereocenters. The van der Waals surface area contributed by atoms with E-state index in [4.69, 9.17) is 10.5 Å². The lowest BCUT2D eigenvalue weighted by atomic mass is 10.0. The zero-order chi connectivity index (χ0) is 11.7. The van der Waals surface area contributed by atoms with E-state index in [0.29, 0.717) is 6.54 Å². The molecule has 0 radical (unpaired) electrons. The van der Waals surface area contributed by atoms with E-state index >= 15 is 0 Å². The van der Waals surface area contributed by atoms with Crippen LogP contribution in [0.3, 0.4) is 0 Å². The second-order valence-electron chi connectivity index (χ2n) is 4.00. The molecule has 2 rings (SSSR count). The second kappa shape index (κ2) is 4.14. The van der Waals surface area contributed by atoms with Crippen LogP contribution in [0.4, 0.5) is 0 Å². The number of para-hydroxylation sites is 1. The Morgan fingerprint density at radius 1 is 1.50 bits per heavy atom. The average Bonchev–Trinajstić information content (AvgIpc) is 2.66. The molecule has 1 heterocycles. The van der Waals surface area contributed by atoms with Gasteiger partial charge in [0, 0.05) is 24.9 Å². The summed E-state index contributed by atoms with van der Waals surface area (Å²) in [6.07, 6.45) is 0. The van der Waals surface area contributed by atoms with Gasteiger partial charge in [-0.1, -0.05) is 19.1 Å². The highest BCUT2D eigenvalue weighted by atomic mass is 16.5. The van der Waals surface area contributed by atoms with Crippen LogP contribution in [0.15, 0.2) is 18.2 Å². The van der Waals surface area contributed by atoms with Gasteiger partial charge in [0.2, 0.25) is 0 Å². The predicted octanol–water partition coefficient (Wildman–Crippen LogP) is 1.64. The number of rotatable bonds is 3. The molecule has 1 atom stereocenters. The number of hydrogen-bond donors (Lipinski definition) is 1. The molecule has 4 heteroatoms. The van der Waals surface area contributed by atoms with Crippen molar-refractivity contribution in [1.82, 2.24) is 9.78 Å². The molecule has 0 fully saturated rings. The number of ether oxygens (including phenoxy) is 1. The third kappa shape index (κ3) is 1.55. The fraction of sp³-hybridized carbons (Fsp3) is 0.417. The van der Waals surface area contributed by atoms with Gasteiger partial charge in [-0.15, -0.1) is 0 Å². The van der Waals surface area contributed by atoms with Crippen molar-refractivity contribution >= 4 is 10.9 Å². The lowest BCUT2D eigenvalue weighted by Crippen LogP contribution is -2.09. The second-order valence-corrected chi connectivity index (χ2v) is 4.00. The molecule has 16 heavy (non-hydrogen) atoms. The summed E-state index contributed by atoms with van der Waals surface area (Å²) in [6.45, 7) is 2.69. The van der Waals surface area contributed by atoms with Crippen LogP contribution in [-0.4, -0.2) is 23.4 Å². The van der Waals surface area contributed by atoms with Crippen LogP contribution in [0.2, 0.25) is 0 Å². The van der Waals surface area contributed by atoms with E-state index in [1.165, 1.54) is 0 Å². The maximum atomic E-state index is 5.69. The van der Waals surface area contributed by atoms with Crippen LogP contribution in [0, 0.1) is 0 Å². The maximum Gasteiger partial charge on any atom is 0.144 e. The third-order valence-electron chi connectivity index (χ3n) is 2.90. The van der Waals surface area contributed by atoms with Crippen molar-refractivity contribution in [2.24, 2.45) is 12.8 Å². The number of methoxy groups -OCH3 is 1. The zero-order valence-electron chi connectivity index (χ0n) is 9.90. The van der Waals surface area contributed by atoms with Gasteiger partial charge in [-0.05, 0) is 6.07 Å². The highest BCUT2D eigenvalue weighted by molar-refractivity contribution is 5.87. The number of hydrogen-bond acceptors (Lipinski definition) is 3. The number of nitrogens with zero attached hydrogens (tertiary/aromatic N) is 2. The minimum Gasteiger partial charge on any atom is -0.494 e. The molecule has 4 nitrogen and oxygen atoms in total. The topological polar surface area (TPSA) is 53.1 Å². The van der Waals surface area contributed by atoms with E-state index in [9.17, 15) is 0 Å². The van der Waals surface area contributed by atoms with E-state index in [0.717, 1.165) is 22.3 Å². The molecule has 0 aliphatic carbocycles. The van der Waals surface area contributed by atoms with Gasteiger partial charge < -0.3 is 10.5 Å². The lowest BCUT2D eigenvalue weighted by molar-refractivity contribution is 0.417. The molecule has 0 saturated carbocycles. The molecule has 1 aromatic heterocycles. The fourth-order valence-corrected chi connectivity index (χ4v) is 1.97. The zero-order valence-corrected chi connectivity index (χ0v) is 9.90. The molecule has 2 N–H and O–H groups in total. The summed E-state index contributed by atoms with van der Waals surface area (Å²) in [7, 11) is 3.60. The van der Waals surface area contributed by atoms with E-state index in [-0.39, 0.29) is 5.92 Å². The van der Waals surface area contributed by atoms with Crippen LogP contribution in [0.1, 0.15) is 18.5 Å². The molecule has 2 aromatic rings. The Labute approximate surface area is 95.0 Å². The van der Waals surface area contributed by atoms with Gasteiger partial charge in [0.05, 0.1) is 12.8 Å². The number of fused-ring (bicyclic) bond motifs is 1. The largest absolute Gasteiger partial charge is 0.494 e. The minimum atomic E-state index is 0.260. The quantitative estimate of drug-likeness (QED) is 0.853. The Hall–Kier alpha value is -1.55. The third-order valence-corrected chi connectivity index (χ3v) is 2.90. The van der Waals surface area contributed by atoms with Gasteiger partial charge in [-0.25, -0.2) is 0 Å². The summed E-state index contributed by atoms with van der Waals surface area (Å²) in [5.41, 5.74) is 7.76. The average molecular weight is 219 g/mol. The molecule has 0 spiro atoms. The summed E-state index contributed by atoms with van der Waals surface area (Å²) in [6, 6.07) is 5.99. The van der Waals surface area contributed by atoms with Crippen molar-refractivity contribution < 1.29 is 4.74 Å². The Balaban J connectivity index is 2.71. The Bertz CT molecular complexity index is 504. The van der Waals surface area contributed by atoms with Crippen molar-refractivity contribution in [3.63, 3.8) is 0 Å². The molecule has 1 aromatic carbocycles. The van der Waals surface area contributed by atoms with Gasteiger partial charge >= 0.3 is 0 Å². The van der Waals surface area contributed by atoms with Crippen molar-refractivity contribution in [1.29, 1.82) is 0 Å². The molecular weight excluding hydrogens is 202 g/mol. The molecule has 0 amide bonds. The number of nitrogens with two attached hydrogens (primary N) is 1. The lowest BCUT2D eigenvalue weighted by Gasteiger charge is -2.05. The van der Waals surface area contributed by atoms with Crippen molar-refractivity contribution in [2.75, 3.05) is 13.7 Å². The Morgan fingerprint density at radius 3 is 2.88 bits per heavy atom. The summed E-state index contributed by atoms with van der Waals surface area (Å²) < 4.78 is 7.20. The standard InChI is InChI=1S/C12H17N3O/c1-8(7-13)11-9-5-4-6-10(16-3)12(9)15(2)14-11/h4-6,8H,7,13H2,1-3H3. The van der Waals surface area contributed by atoms with Crippen LogP contribution in [0.25, 0.3) is 10.9 Å². The maximum absolute atomic E-state index is 5.69. The van der Waals surface area contributed by atoms with Gasteiger partial charge in [-0.3, -0.25) is 4.68 Å². The van der Waals surface area contributed by atoms with Gasteiger partial charge in [-0.2, -0.15) is 5.10 Å². The van der Waals surface area contributed by atoms with Crippen LogP contribution >= 0.6 is 0 Å². The first-order valence-electron chi connectivity index (χ1n) is 5.38. The van der Waals surface area contributed by atoms with E-state index in [1.54, 1.807) is 7.11 Å². The SMILES string of the molecule is COc1cccc2c(C(C)CN)nn(C)c12. The van der Waals surface area contributed by atoms with Crippen molar-refractivity contribution in [3.05, 3.63) is 23.9 Å². The first kappa shape index (κ1) is 11.0. The molecule has 0 saturated heterocycles. The number of aromatic nitrogens is 2. The number of benzene rings is 1. The van der Waals surface area contributed by atoms with Crippen molar-refractivity contribution in [2.45, 2.75) is 12.8 Å². The fourth-order valence-electron chi connectivity index (χ4n) is 1.97. The van der Waals surface area contributed by atoms with Gasteiger partial charge in [0.15, 0.2) is 0 Å². The molecule has 0 bridgehead atoms. The summed E-state index contributed by atoms with van der Waals surface area (Å²) in [5.74, 6) is 1.11. The Kier molecular flexibility index (Phi) is 2.83. The van der Waals surface area contributed by atoms with Crippen LogP contribution in [-0.2, 0) is 7.05 Å². The van der Waals surface area contributed by atoms with Gasteiger partial charge in [0.1, 0.15) is 11.3 Å². The molecular formula is C12H17N3O. The summed E-state index contributed by atoms with van der Waals surface area (Å²) in [4.78, 5) is 0. The summed E-state index contributed by atoms with van der Waals surface area (Å²) in [5, 5.41) is 5.65. The van der Waals surface area contributed by atoms with E-state index in [1.807, 2.05) is 23.9 Å². The Morgan fingerprint density at radius 2 is 2.25 bits per heavy atom. The van der Waals surface area contributed by atoms with Gasteiger partial charge in [0.25, 0.3) is 0 Å². The highest BCUT2D eigenvalue weighted by Crippen LogP contribution is 2.30. The monoisotopic (exact) mass is 219 g/mol. The predicted molar refractivity (Wildman–Crippen MR) is 64.7 cm³/mol. The first-order chi connectivity index (χ1) is 7.69. The van der Waals surface area contributed by atoms with Crippen molar-refractivity contribution in [3.8, 4) is 5.75 Å². The molecule has 86 valence electrons. The minimum absolute atomic E-state index is 0.260. The van der Waals surface area contributed by atoms with E-state index < -0.39 is 0 Å². The van der Waals surface area contributed by atoms with E-state index in [2.05, 4.69) is 18.1 Å². The summed E-state index contributed by atoms with van der Waals surface area (Å²) >= 11 is 0. The van der Waals surface area contributed by atoms with Crippen LogP contribution < -0.4 is 10.5 Å². The van der Waals surface area contributed by atoms with Crippen LogP contribution in [0.5, 0.6) is 5.75 Å². The number of aryl methyl sites for hydroxylation is 1. The first-order valence-corrected chi connectivity index (χ1v) is 5.38. The molecule has 0 aliphatic heterocycles.